The van der Waals surface area contributed by atoms with E-state index in [0.29, 0.717) is 23.7 Å². The molecule has 3 nitrogen and oxygen atoms in total. The van der Waals surface area contributed by atoms with Crippen LogP contribution in [0.2, 0.25) is 0 Å². The molecule has 0 aromatic heterocycles. The Morgan fingerprint density at radius 1 is 0.962 bits per heavy atom. The van der Waals surface area contributed by atoms with Crippen LogP contribution < -0.4 is 9.47 Å². The molecule has 0 heterocycles. The summed E-state index contributed by atoms with van der Waals surface area (Å²) < 4.78 is 11.4. The smallest absolute Gasteiger partial charge is 0.162 e. The van der Waals surface area contributed by atoms with Gasteiger partial charge in [-0.15, -0.1) is 0 Å². The van der Waals surface area contributed by atoms with Gasteiger partial charge in [-0.3, -0.25) is 5.41 Å². The third-order valence-electron chi connectivity index (χ3n) is 3.71. The third-order valence-corrected chi connectivity index (χ3v) is 4.98. The van der Waals surface area contributed by atoms with Crippen molar-refractivity contribution >= 4 is 28.5 Å². The molecule has 0 aliphatic carbocycles. The Balaban J connectivity index is 1.90. The SMILES string of the molecule is COc1cc(Sc2ccccc2)c(C(=N)Cl)cc1OCc1ccccc1. The first-order valence-electron chi connectivity index (χ1n) is 8.03. The van der Waals surface area contributed by atoms with E-state index in [1.807, 2.05) is 66.7 Å². The molecule has 132 valence electrons. The lowest BCUT2D eigenvalue weighted by Crippen LogP contribution is -2.01. The second-order valence-corrected chi connectivity index (χ2v) is 7.00. The summed E-state index contributed by atoms with van der Waals surface area (Å²) >= 11 is 7.57. The summed E-state index contributed by atoms with van der Waals surface area (Å²) in [7, 11) is 1.60. The molecule has 0 aliphatic heterocycles. The third kappa shape index (κ3) is 4.59. The maximum absolute atomic E-state index is 7.92. The molecule has 1 N–H and O–H groups in total. The molecule has 3 rings (SSSR count). The number of hydrogen-bond donors (Lipinski definition) is 1. The topological polar surface area (TPSA) is 42.3 Å². The van der Waals surface area contributed by atoms with E-state index in [1.54, 1.807) is 13.2 Å². The van der Waals surface area contributed by atoms with Crippen LogP contribution in [-0.4, -0.2) is 12.3 Å². The average Bonchev–Trinajstić information content (AvgIpc) is 2.68. The molecule has 5 heteroatoms. The second kappa shape index (κ2) is 8.79. The zero-order valence-electron chi connectivity index (χ0n) is 14.2. The lowest BCUT2D eigenvalue weighted by molar-refractivity contribution is 0.284. The Kier molecular flexibility index (Phi) is 6.21. The van der Waals surface area contributed by atoms with Gasteiger partial charge >= 0.3 is 0 Å². The van der Waals surface area contributed by atoms with Gasteiger partial charge in [0, 0.05) is 15.4 Å². The van der Waals surface area contributed by atoms with Crippen molar-refractivity contribution in [3.63, 3.8) is 0 Å². The van der Waals surface area contributed by atoms with Crippen molar-refractivity contribution in [2.45, 2.75) is 16.4 Å². The van der Waals surface area contributed by atoms with Gasteiger partial charge in [-0.2, -0.15) is 0 Å². The van der Waals surface area contributed by atoms with Crippen molar-refractivity contribution in [1.82, 2.24) is 0 Å². The van der Waals surface area contributed by atoms with Crippen LogP contribution in [0, 0.1) is 5.41 Å². The number of benzene rings is 3. The van der Waals surface area contributed by atoms with Crippen LogP contribution in [0.4, 0.5) is 0 Å². The van der Waals surface area contributed by atoms with Gasteiger partial charge in [0.1, 0.15) is 11.8 Å². The molecule has 0 spiro atoms. The van der Waals surface area contributed by atoms with E-state index >= 15 is 0 Å². The fraction of sp³-hybridized carbons (Fsp3) is 0.0952. The Hall–Kier alpha value is -2.43. The van der Waals surface area contributed by atoms with Gasteiger partial charge in [0.15, 0.2) is 11.5 Å². The first-order chi connectivity index (χ1) is 12.7. The highest BCUT2D eigenvalue weighted by Crippen LogP contribution is 2.39. The van der Waals surface area contributed by atoms with Crippen LogP contribution in [0.25, 0.3) is 0 Å². The maximum Gasteiger partial charge on any atom is 0.162 e. The molecule has 0 aliphatic rings. The largest absolute Gasteiger partial charge is 0.493 e. The van der Waals surface area contributed by atoms with Crippen molar-refractivity contribution in [3.8, 4) is 11.5 Å². The monoisotopic (exact) mass is 383 g/mol. The number of nitrogens with one attached hydrogen (secondary N) is 1. The minimum atomic E-state index is -0.0318. The molecule has 0 fully saturated rings. The summed E-state index contributed by atoms with van der Waals surface area (Å²) in [6.07, 6.45) is 0. The van der Waals surface area contributed by atoms with Crippen molar-refractivity contribution in [1.29, 1.82) is 5.41 Å². The quantitative estimate of drug-likeness (QED) is 0.509. The second-order valence-electron chi connectivity index (χ2n) is 5.50. The van der Waals surface area contributed by atoms with Gasteiger partial charge in [0.25, 0.3) is 0 Å². The van der Waals surface area contributed by atoms with Gasteiger partial charge in [-0.1, -0.05) is 71.9 Å². The number of hydrogen-bond acceptors (Lipinski definition) is 4. The molecule has 0 saturated heterocycles. The molecular weight excluding hydrogens is 366 g/mol. The minimum Gasteiger partial charge on any atom is -0.493 e. The van der Waals surface area contributed by atoms with Crippen LogP contribution in [0.5, 0.6) is 11.5 Å². The van der Waals surface area contributed by atoms with Crippen LogP contribution >= 0.6 is 23.4 Å². The predicted octanol–water partition coefficient (Wildman–Crippen LogP) is 5.99. The molecule has 26 heavy (non-hydrogen) atoms. The first kappa shape index (κ1) is 18.4. The lowest BCUT2D eigenvalue weighted by Gasteiger charge is -2.15. The van der Waals surface area contributed by atoms with E-state index in [4.69, 9.17) is 26.5 Å². The number of ether oxygens (including phenoxy) is 2. The van der Waals surface area contributed by atoms with E-state index in [0.717, 1.165) is 15.4 Å². The molecule has 3 aromatic rings. The minimum absolute atomic E-state index is 0.0318. The zero-order chi connectivity index (χ0) is 18.4. The highest BCUT2D eigenvalue weighted by molar-refractivity contribution is 7.99. The van der Waals surface area contributed by atoms with Crippen LogP contribution in [-0.2, 0) is 6.61 Å². The fourth-order valence-corrected chi connectivity index (χ4v) is 3.62. The van der Waals surface area contributed by atoms with Gasteiger partial charge < -0.3 is 9.47 Å². The summed E-state index contributed by atoms with van der Waals surface area (Å²) in [4.78, 5) is 1.91. The van der Waals surface area contributed by atoms with Crippen LogP contribution in [0.3, 0.4) is 0 Å². The number of halogens is 1. The molecule has 0 bridgehead atoms. The molecule has 0 amide bonds. The molecule has 0 unspecified atom stereocenters. The predicted molar refractivity (Wildman–Crippen MR) is 107 cm³/mol. The van der Waals surface area contributed by atoms with Gasteiger partial charge in [-0.05, 0) is 29.8 Å². The summed E-state index contributed by atoms with van der Waals surface area (Å²) in [6, 6.07) is 23.5. The normalized spacial score (nSPS) is 10.4. The summed E-state index contributed by atoms with van der Waals surface area (Å²) in [5.74, 6) is 1.18. The van der Waals surface area contributed by atoms with Crippen molar-refractivity contribution < 1.29 is 9.47 Å². The first-order valence-corrected chi connectivity index (χ1v) is 9.23. The molecule has 0 radical (unpaired) electrons. The van der Waals surface area contributed by atoms with Gasteiger partial charge in [-0.25, -0.2) is 0 Å². The van der Waals surface area contributed by atoms with E-state index in [2.05, 4.69) is 0 Å². The van der Waals surface area contributed by atoms with Crippen molar-refractivity contribution in [2.24, 2.45) is 0 Å². The van der Waals surface area contributed by atoms with E-state index in [-0.39, 0.29) is 5.17 Å². The zero-order valence-corrected chi connectivity index (χ0v) is 15.8. The average molecular weight is 384 g/mol. The summed E-state index contributed by atoms with van der Waals surface area (Å²) in [5.41, 5.74) is 1.67. The van der Waals surface area contributed by atoms with Crippen molar-refractivity contribution in [2.75, 3.05) is 7.11 Å². The molecule has 0 atom stereocenters. The lowest BCUT2D eigenvalue weighted by atomic mass is 10.2. The van der Waals surface area contributed by atoms with Crippen molar-refractivity contribution in [3.05, 3.63) is 83.9 Å². The Labute approximate surface area is 162 Å². The van der Waals surface area contributed by atoms with Crippen LogP contribution in [0.15, 0.2) is 82.6 Å². The molecule has 3 aromatic carbocycles. The van der Waals surface area contributed by atoms with E-state index < -0.39 is 0 Å². The summed E-state index contributed by atoms with van der Waals surface area (Å²) in [6.45, 7) is 0.414. The fourth-order valence-electron chi connectivity index (χ4n) is 2.42. The highest BCUT2D eigenvalue weighted by Gasteiger charge is 2.15. The molecule has 0 saturated carbocycles. The Morgan fingerprint density at radius 2 is 1.62 bits per heavy atom. The van der Waals surface area contributed by atoms with Crippen LogP contribution in [0.1, 0.15) is 11.1 Å². The number of rotatable bonds is 7. The van der Waals surface area contributed by atoms with Gasteiger partial charge in [0.2, 0.25) is 0 Å². The number of methoxy groups -OCH3 is 1. The Bertz CT molecular complexity index is 885. The van der Waals surface area contributed by atoms with Gasteiger partial charge in [0.05, 0.1) is 7.11 Å². The van der Waals surface area contributed by atoms with E-state index in [1.165, 1.54) is 11.8 Å². The highest BCUT2D eigenvalue weighted by atomic mass is 35.5. The Morgan fingerprint density at radius 3 is 2.23 bits per heavy atom. The maximum atomic E-state index is 7.92. The van der Waals surface area contributed by atoms with E-state index in [9.17, 15) is 0 Å². The molecular formula is C21H18ClNO2S. The summed E-state index contributed by atoms with van der Waals surface area (Å²) in [5, 5.41) is 7.89. The standard InChI is InChI=1S/C21H18ClNO2S/c1-24-18-13-20(26-16-10-6-3-7-11-16)17(21(22)23)12-19(18)25-14-15-8-4-2-5-9-15/h2-13,23H,14H2,1H3.